The second kappa shape index (κ2) is 5.73. The molecule has 0 aliphatic carbocycles. The third kappa shape index (κ3) is 3.59. The molecular weight excluding hydrogens is 206 g/mol. The molecule has 1 rings (SSSR count). The van der Waals surface area contributed by atoms with E-state index in [-0.39, 0.29) is 5.69 Å². The van der Waals surface area contributed by atoms with Crippen LogP contribution in [0.1, 0.15) is 0 Å². The summed E-state index contributed by atoms with van der Waals surface area (Å²) in [4.78, 5) is 12.1. The number of benzene rings is 1. The van der Waals surface area contributed by atoms with E-state index in [0.29, 0.717) is 12.2 Å². The number of hydrogen-bond acceptors (Lipinski definition) is 4. The lowest BCUT2D eigenvalue weighted by molar-refractivity contribution is -0.383. The standard InChI is InChI=1S/C11H13N3O2/c1-13(2)9-5-8-12-10-6-3-4-7-11(10)14(15)16/h3-4,6-7,12H,9H2,1-2H3. The Morgan fingerprint density at radius 3 is 2.75 bits per heavy atom. The summed E-state index contributed by atoms with van der Waals surface area (Å²) in [6.07, 6.45) is 0. The van der Waals surface area contributed by atoms with Gasteiger partial charge in [-0.05, 0) is 20.2 Å². The van der Waals surface area contributed by atoms with Crippen LogP contribution in [-0.4, -0.2) is 30.5 Å². The Hall–Kier alpha value is -2.06. The molecule has 1 N–H and O–H groups in total. The van der Waals surface area contributed by atoms with Gasteiger partial charge in [-0.2, -0.15) is 0 Å². The summed E-state index contributed by atoms with van der Waals surface area (Å²) < 4.78 is 0. The van der Waals surface area contributed by atoms with Crippen LogP contribution in [-0.2, 0) is 0 Å². The maximum atomic E-state index is 10.7. The Labute approximate surface area is 94.2 Å². The van der Waals surface area contributed by atoms with E-state index in [1.807, 2.05) is 19.0 Å². The topological polar surface area (TPSA) is 58.4 Å². The molecule has 0 heterocycles. The zero-order valence-electron chi connectivity index (χ0n) is 9.23. The van der Waals surface area contributed by atoms with Crippen LogP contribution in [0.3, 0.4) is 0 Å². The lowest BCUT2D eigenvalue weighted by atomic mass is 10.3. The van der Waals surface area contributed by atoms with Crippen molar-refractivity contribution >= 4 is 11.4 Å². The first-order valence-corrected chi connectivity index (χ1v) is 4.73. The minimum atomic E-state index is -0.435. The van der Waals surface area contributed by atoms with Gasteiger partial charge in [-0.1, -0.05) is 18.1 Å². The molecule has 5 heteroatoms. The zero-order chi connectivity index (χ0) is 12.0. The number of nitrogens with one attached hydrogen (secondary N) is 1. The van der Waals surface area contributed by atoms with Gasteiger partial charge in [-0.3, -0.25) is 15.0 Å². The van der Waals surface area contributed by atoms with E-state index in [1.54, 1.807) is 18.2 Å². The Kier molecular flexibility index (Phi) is 4.30. The highest BCUT2D eigenvalue weighted by Crippen LogP contribution is 2.22. The van der Waals surface area contributed by atoms with Gasteiger partial charge < -0.3 is 5.32 Å². The van der Waals surface area contributed by atoms with E-state index in [9.17, 15) is 10.1 Å². The van der Waals surface area contributed by atoms with E-state index in [2.05, 4.69) is 17.3 Å². The number of hydrogen-bond donors (Lipinski definition) is 1. The summed E-state index contributed by atoms with van der Waals surface area (Å²) in [5.41, 5.74) is 0.445. The second-order valence-corrected chi connectivity index (χ2v) is 3.44. The van der Waals surface area contributed by atoms with Crippen molar-refractivity contribution in [2.75, 3.05) is 26.0 Å². The molecule has 0 bridgehead atoms. The predicted molar refractivity (Wildman–Crippen MR) is 63.0 cm³/mol. The lowest BCUT2D eigenvalue weighted by Crippen LogP contribution is -2.11. The Bertz CT molecular complexity index is 432. The van der Waals surface area contributed by atoms with E-state index >= 15 is 0 Å². The first-order chi connectivity index (χ1) is 7.61. The fourth-order valence-electron chi connectivity index (χ4n) is 1.05. The number of anilines is 1. The minimum Gasteiger partial charge on any atom is -0.309 e. The Morgan fingerprint density at radius 1 is 1.44 bits per heavy atom. The minimum absolute atomic E-state index is 0.0293. The van der Waals surface area contributed by atoms with Gasteiger partial charge in [0.05, 0.1) is 11.5 Å². The van der Waals surface area contributed by atoms with E-state index in [0.717, 1.165) is 0 Å². The highest BCUT2D eigenvalue weighted by Gasteiger charge is 2.10. The fraction of sp³-hybridized carbons (Fsp3) is 0.273. The zero-order valence-corrected chi connectivity index (χ0v) is 9.23. The molecule has 0 saturated carbocycles. The van der Waals surface area contributed by atoms with E-state index in [4.69, 9.17) is 0 Å². The molecule has 84 valence electrons. The maximum absolute atomic E-state index is 10.7. The number of nitrogens with zero attached hydrogens (tertiary/aromatic N) is 2. The molecule has 5 nitrogen and oxygen atoms in total. The second-order valence-electron chi connectivity index (χ2n) is 3.44. The van der Waals surface area contributed by atoms with Crippen LogP contribution in [0.15, 0.2) is 24.3 Å². The van der Waals surface area contributed by atoms with Crippen LogP contribution >= 0.6 is 0 Å². The summed E-state index contributed by atoms with van der Waals surface area (Å²) in [5.74, 6) is 2.84. The molecule has 1 aromatic rings. The summed E-state index contributed by atoms with van der Waals surface area (Å²) in [6.45, 7) is 0.605. The average molecular weight is 219 g/mol. The van der Waals surface area contributed by atoms with Crippen molar-refractivity contribution in [3.8, 4) is 12.0 Å². The summed E-state index contributed by atoms with van der Waals surface area (Å²) in [6, 6.07) is 9.10. The lowest BCUT2D eigenvalue weighted by Gasteiger charge is -2.02. The fourth-order valence-corrected chi connectivity index (χ4v) is 1.05. The van der Waals surface area contributed by atoms with Gasteiger partial charge in [0.25, 0.3) is 5.69 Å². The number of para-hydroxylation sites is 2. The first-order valence-electron chi connectivity index (χ1n) is 4.73. The van der Waals surface area contributed by atoms with Crippen LogP contribution in [0, 0.1) is 22.1 Å². The van der Waals surface area contributed by atoms with Gasteiger partial charge in [-0.25, -0.2) is 0 Å². The average Bonchev–Trinajstić information content (AvgIpc) is 2.24. The van der Waals surface area contributed by atoms with Gasteiger partial charge in [0, 0.05) is 12.1 Å². The normalized spacial score (nSPS) is 9.44. The third-order valence-electron chi connectivity index (χ3n) is 1.78. The maximum Gasteiger partial charge on any atom is 0.293 e. The van der Waals surface area contributed by atoms with Gasteiger partial charge in [-0.15, -0.1) is 0 Å². The van der Waals surface area contributed by atoms with Gasteiger partial charge in [0.15, 0.2) is 0 Å². The molecule has 0 spiro atoms. The molecule has 0 aliphatic heterocycles. The van der Waals surface area contributed by atoms with Crippen molar-refractivity contribution < 1.29 is 4.92 Å². The number of nitro benzene ring substituents is 1. The Balaban J connectivity index is 2.72. The molecule has 16 heavy (non-hydrogen) atoms. The van der Waals surface area contributed by atoms with Gasteiger partial charge >= 0.3 is 0 Å². The van der Waals surface area contributed by atoms with Gasteiger partial charge in [0.1, 0.15) is 5.69 Å². The number of nitro groups is 1. The smallest absolute Gasteiger partial charge is 0.293 e. The molecule has 0 unspecified atom stereocenters. The largest absolute Gasteiger partial charge is 0.309 e. The molecule has 0 aromatic heterocycles. The molecule has 0 radical (unpaired) electrons. The van der Waals surface area contributed by atoms with Crippen molar-refractivity contribution in [3.63, 3.8) is 0 Å². The molecule has 0 atom stereocenters. The molecule has 0 amide bonds. The van der Waals surface area contributed by atoms with Crippen molar-refractivity contribution in [2.24, 2.45) is 0 Å². The summed E-state index contributed by atoms with van der Waals surface area (Å²) in [5, 5.41) is 13.4. The highest BCUT2D eigenvalue weighted by molar-refractivity contribution is 5.63. The van der Waals surface area contributed by atoms with Crippen LogP contribution in [0.25, 0.3) is 0 Å². The summed E-state index contributed by atoms with van der Waals surface area (Å²) >= 11 is 0. The van der Waals surface area contributed by atoms with E-state index < -0.39 is 4.92 Å². The van der Waals surface area contributed by atoms with Crippen molar-refractivity contribution in [1.29, 1.82) is 0 Å². The van der Waals surface area contributed by atoms with Crippen LogP contribution < -0.4 is 5.32 Å². The van der Waals surface area contributed by atoms with Crippen molar-refractivity contribution in [1.82, 2.24) is 4.90 Å². The van der Waals surface area contributed by atoms with Crippen LogP contribution in [0.2, 0.25) is 0 Å². The highest BCUT2D eigenvalue weighted by atomic mass is 16.6. The molecule has 0 saturated heterocycles. The van der Waals surface area contributed by atoms with Crippen LogP contribution in [0.4, 0.5) is 11.4 Å². The molecule has 0 fully saturated rings. The number of rotatable bonds is 3. The molecular formula is C11H13N3O2. The predicted octanol–water partition coefficient (Wildman–Crippen LogP) is 1.53. The molecule has 0 aliphatic rings. The Morgan fingerprint density at radius 2 is 2.12 bits per heavy atom. The SMILES string of the molecule is CN(C)CC#CNc1ccccc1[N+](=O)[O-]. The van der Waals surface area contributed by atoms with E-state index in [1.165, 1.54) is 6.07 Å². The van der Waals surface area contributed by atoms with Crippen LogP contribution in [0.5, 0.6) is 0 Å². The summed E-state index contributed by atoms with van der Waals surface area (Å²) in [7, 11) is 3.80. The molecule has 1 aromatic carbocycles. The monoisotopic (exact) mass is 219 g/mol. The quantitative estimate of drug-likeness (QED) is 0.362. The van der Waals surface area contributed by atoms with Gasteiger partial charge in [0.2, 0.25) is 0 Å². The van der Waals surface area contributed by atoms with Crippen molar-refractivity contribution in [2.45, 2.75) is 0 Å². The first kappa shape index (κ1) is 12.0. The van der Waals surface area contributed by atoms with Crippen molar-refractivity contribution in [3.05, 3.63) is 34.4 Å². The third-order valence-corrected chi connectivity index (χ3v) is 1.78.